The molecule has 4 fully saturated rings. The van der Waals surface area contributed by atoms with Crippen molar-refractivity contribution in [1.82, 2.24) is 20.0 Å². The minimum atomic E-state index is -2.10. The summed E-state index contributed by atoms with van der Waals surface area (Å²) in [5.41, 5.74) is -0.476. The first-order valence-electron chi connectivity index (χ1n) is 28.4. The second-order valence-corrected chi connectivity index (χ2v) is 23.6. The van der Waals surface area contributed by atoms with E-state index in [4.69, 9.17) is 28.4 Å². The van der Waals surface area contributed by atoms with Crippen molar-refractivity contribution in [3.05, 3.63) is 70.8 Å². The van der Waals surface area contributed by atoms with Crippen LogP contribution in [0.15, 0.2) is 48.5 Å². The number of nitrogens with one attached hydrogen (secondary N) is 1. The number of alkyl halides is 2. The second-order valence-electron chi connectivity index (χ2n) is 23.6. The molecule has 2 aliphatic carbocycles. The van der Waals surface area contributed by atoms with E-state index in [1.807, 2.05) is 36.4 Å². The van der Waals surface area contributed by atoms with E-state index < -0.39 is 115 Å². The fourth-order valence-corrected chi connectivity index (χ4v) is 10.4. The number of hydrogen-bond acceptors (Lipinski definition) is 15. The van der Waals surface area contributed by atoms with E-state index >= 15 is 4.39 Å². The van der Waals surface area contributed by atoms with Crippen molar-refractivity contribution >= 4 is 47.6 Å². The molecular formula is C60H84F2N4O15. The molecule has 448 valence electrons. The summed E-state index contributed by atoms with van der Waals surface area (Å²) >= 11 is 0. The first kappa shape index (κ1) is 64.1. The Labute approximate surface area is 474 Å². The number of halogens is 2. The zero-order valence-electron chi connectivity index (χ0n) is 48.3. The zero-order chi connectivity index (χ0) is 59.2. The first-order valence-corrected chi connectivity index (χ1v) is 28.4. The van der Waals surface area contributed by atoms with Gasteiger partial charge in [0.25, 0.3) is 17.7 Å². The van der Waals surface area contributed by atoms with Crippen molar-refractivity contribution in [1.29, 1.82) is 0 Å². The average molecular weight is 1140 g/mol. The quantitative estimate of drug-likeness (QED) is 0.0655. The number of rotatable bonds is 30. The smallest absolute Gasteiger partial charge is 0.341 e. The predicted octanol–water partition coefficient (Wildman–Crippen LogP) is 6.20. The molecule has 6 atom stereocenters. The lowest BCUT2D eigenvalue weighted by Gasteiger charge is -2.33. The number of carbonyl (C=O) groups excluding carboxylic acids is 7. The number of hydrogen-bond donors (Lipinski definition) is 2. The highest BCUT2D eigenvalue weighted by Gasteiger charge is 2.43. The Balaban J connectivity index is 1.20. The SMILES string of the molecule is CN[C@@H](CC(C)(C)F)C(=O)O[C@H](Cc1ccc(C2CCOCC2)cc1)C(=O)N(C)[C@@H](CC1CC1)C(=O)OCC(=O)N(C)[C@@H](CC(C)(C)F)C(=O)O[C@H](Cc1ccc(C2CCOCC2)cc1)C(=O)N(C)[C@@H](CC1CC1)C(=O)OCC(=O)O. The van der Waals surface area contributed by atoms with Crippen molar-refractivity contribution in [2.75, 3.05) is 67.8 Å². The molecule has 0 spiro atoms. The van der Waals surface area contributed by atoms with Crippen LogP contribution in [0.4, 0.5) is 8.78 Å². The van der Waals surface area contributed by atoms with Crippen molar-refractivity contribution in [2.45, 2.75) is 177 Å². The number of ether oxygens (including phenoxy) is 6. The summed E-state index contributed by atoms with van der Waals surface area (Å²) in [5.74, 6) is -7.24. The van der Waals surface area contributed by atoms with Crippen molar-refractivity contribution in [3.63, 3.8) is 0 Å². The van der Waals surface area contributed by atoms with Crippen LogP contribution in [-0.4, -0.2) is 183 Å². The minimum absolute atomic E-state index is 0.0281. The molecule has 4 aliphatic rings. The third kappa shape index (κ3) is 20.1. The summed E-state index contributed by atoms with van der Waals surface area (Å²) in [6.07, 6.45) is 2.50. The molecule has 2 N–H and O–H groups in total. The van der Waals surface area contributed by atoms with Crippen LogP contribution in [0.5, 0.6) is 0 Å². The number of aliphatic carboxylic acids is 1. The summed E-state index contributed by atoms with van der Waals surface area (Å²) < 4.78 is 64.2. The van der Waals surface area contributed by atoms with E-state index in [2.05, 4.69) is 5.32 Å². The molecule has 2 aromatic carbocycles. The van der Waals surface area contributed by atoms with Crippen LogP contribution in [0.2, 0.25) is 0 Å². The molecule has 0 aromatic heterocycles. The molecule has 2 saturated carbocycles. The molecule has 2 aliphatic heterocycles. The van der Waals surface area contributed by atoms with Crippen molar-refractivity contribution in [3.8, 4) is 0 Å². The van der Waals surface area contributed by atoms with Crippen LogP contribution in [0.25, 0.3) is 0 Å². The third-order valence-corrected chi connectivity index (χ3v) is 15.7. The molecule has 0 unspecified atom stereocenters. The molecule has 19 nitrogen and oxygen atoms in total. The van der Waals surface area contributed by atoms with Gasteiger partial charge in [0.05, 0.1) is 0 Å². The lowest BCUT2D eigenvalue weighted by atomic mass is 9.90. The largest absolute Gasteiger partial charge is 0.479 e. The molecule has 0 bridgehead atoms. The Hall–Kier alpha value is -6.06. The molecule has 0 radical (unpaired) electrons. The van der Waals surface area contributed by atoms with Crippen LogP contribution in [-0.2, 0) is 79.6 Å². The molecular weight excluding hydrogens is 1050 g/mol. The molecule has 6 rings (SSSR count). The zero-order valence-corrected chi connectivity index (χ0v) is 48.3. The minimum Gasteiger partial charge on any atom is -0.479 e. The molecule has 2 heterocycles. The predicted molar refractivity (Wildman–Crippen MR) is 292 cm³/mol. The number of amides is 3. The Morgan fingerprint density at radius 1 is 0.568 bits per heavy atom. The number of carboxylic acid groups (broad SMARTS) is 1. The molecule has 2 saturated heterocycles. The van der Waals surface area contributed by atoms with Gasteiger partial charge in [-0.25, -0.2) is 28.0 Å². The van der Waals surface area contributed by atoms with Gasteiger partial charge >= 0.3 is 29.8 Å². The summed E-state index contributed by atoms with van der Waals surface area (Å²) in [5, 5.41) is 12.0. The van der Waals surface area contributed by atoms with Gasteiger partial charge in [-0.3, -0.25) is 19.2 Å². The summed E-state index contributed by atoms with van der Waals surface area (Å²) in [6.45, 7) is 5.67. The number of nitrogens with zero attached hydrogens (tertiary/aromatic N) is 3. The lowest BCUT2D eigenvalue weighted by molar-refractivity contribution is -0.171. The van der Waals surface area contributed by atoms with Crippen LogP contribution < -0.4 is 5.32 Å². The van der Waals surface area contributed by atoms with Crippen LogP contribution in [0.3, 0.4) is 0 Å². The van der Waals surface area contributed by atoms with E-state index in [1.54, 1.807) is 12.1 Å². The van der Waals surface area contributed by atoms with Gasteiger partial charge in [-0.2, -0.15) is 0 Å². The van der Waals surface area contributed by atoms with Crippen LogP contribution in [0.1, 0.15) is 139 Å². The molecule has 81 heavy (non-hydrogen) atoms. The van der Waals surface area contributed by atoms with Gasteiger partial charge in [0.15, 0.2) is 25.4 Å². The number of carboxylic acids is 1. The molecule has 21 heteroatoms. The summed E-state index contributed by atoms with van der Waals surface area (Å²) in [6, 6.07) is 9.75. The Morgan fingerprint density at radius 2 is 0.963 bits per heavy atom. The molecule has 3 amide bonds. The van der Waals surface area contributed by atoms with E-state index in [-0.39, 0.29) is 49.9 Å². The van der Waals surface area contributed by atoms with Gasteiger partial charge in [-0.15, -0.1) is 0 Å². The summed E-state index contributed by atoms with van der Waals surface area (Å²) in [4.78, 5) is 114. The number of likely N-dealkylation sites (N-methyl/N-ethyl adjacent to an activating group) is 4. The standard InChI is InChI=1S/C60H84F2N4O15/c1-59(2,61)33-45(63-5)55(72)80-49(31-39-13-17-41(18-14-39)43-21-25-76-26-22-43)53(70)65(7)46(29-37-9-10-37)56(73)78-35-51(67)64(6)48(34-60(3,4)62)58(75)81-50(32-40-15-19-42(20-16-40)44-23-27-77-28-24-44)54(71)66(8)47(30-38-11-12-38)57(74)79-36-52(68)69/h13-20,37-38,43-50,63H,9-12,21-36H2,1-8H3,(H,68,69)/t45-,46-,47-,48-,49+,50+/m0/s1. The number of carbonyl (C=O) groups is 8. The van der Waals surface area contributed by atoms with Crippen molar-refractivity contribution in [2.24, 2.45) is 11.8 Å². The van der Waals surface area contributed by atoms with E-state index in [9.17, 15) is 47.9 Å². The van der Waals surface area contributed by atoms with E-state index in [0.29, 0.717) is 43.5 Å². The Morgan fingerprint density at radius 3 is 1.33 bits per heavy atom. The highest BCUT2D eigenvalue weighted by atomic mass is 19.1. The topological polar surface area (TPSA) is 234 Å². The Bertz CT molecular complexity index is 2460. The average Bonchev–Trinajstić information content (AvgIpc) is 4.45. The summed E-state index contributed by atoms with van der Waals surface area (Å²) in [7, 11) is 5.38. The van der Waals surface area contributed by atoms with Gasteiger partial charge in [0.2, 0.25) is 0 Å². The molecule has 2 aromatic rings. The highest BCUT2D eigenvalue weighted by Crippen LogP contribution is 2.37. The van der Waals surface area contributed by atoms with E-state index in [1.165, 1.54) is 55.9 Å². The fraction of sp³-hybridized carbons (Fsp3) is 0.667. The second kappa shape index (κ2) is 29.3. The highest BCUT2D eigenvalue weighted by molar-refractivity contribution is 5.92. The van der Waals surface area contributed by atoms with Crippen LogP contribution in [0, 0.1) is 11.8 Å². The maximum absolute atomic E-state index is 15.8. The van der Waals surface area contributed by atoms with Crippen LogP contribution >= 0.6 is 0 Å². The fourth-order valence-electron chi connectivity index (χ4n) is 10.4. The van der Waals surface area contributed by atoms with Gasteiger partial charge in [0, 0.05) is 73.3 Å². The van der Waals surface area contributed by atoms with Gasteiger partial charge in [-0.05, 0) is 119 Å². The monoisotopic (exact) mass is 1140 g/mol. The maximum atomic E-state index is 15.8. The first-order chi connectivity index (χ1) is 38.3. The number of benzene rings is 2. The third-order valence-electron chi connectivity index (χ3n) is 15.7. The normalized spacial score (nSPS) is 18.4. The van der Waals surface area contributed by atoms with Gasteiger partial charge in [-0.1, -0.05) is 74.2 Å². The van der Waals surface area contributed by atoms with E-state index in [0.717, 1.165) is 77.2 Å². The maximum Gasteiger partial charge on any atom is 0.341 e. The van der Waals surface area contributed by atoms with Gasteiger partial charge in [0.1, 0.15) is 35.5 Å². The van der Waals surface area contributed by atoms with Crippen molar-refractivity contribution < 1.29 is 80.7 Å². The number of esters is 4. The lowest BCUT2D eigenvalue weighted by Crippen LogP contribution is -2.53. The Kier molecular flexibility index (Phi) is 23.2. The van der Waals surface area contributed by atoms with Gasteiger partial charge < -0.3 is 53.5 Å².